The van der Waals surface area contributed by atoms with Crippen LogP contribution in [0.25, 0.3) is 20.2 Å². The van der Waals surface area contributed by atoms with Crippen molar-refractivity contribution in [3.05, 3.63) is 280 Å². The Labute approximate surface area is 469 Å². The van der Waals surface area contributed by atoms with E-state index in [9.17, 15) is 0 Å². The summed E-state index contributed by atoms with van der Waals surface area (Å²) in [6.45, 7) is -4.71. The number of aromatic nitrogens is 2. The molecule has 8 aromatic carbocycles. The number of halogens is 3. The lowest BCUT2D eigenvalue weighted by molar-refractivity contribution is 1.23. The van der Waals surface area contributed by atoms with Gasteiger partial charge in [0, 0.05) is 97.1 Å². The highest BCUT2D eigenvalue weighted by molar-refractivity contribution is 7.18. The fourth-order valence-corrected chi connectivity index (χ4v) is 11.1. The van der Waals surface area contributed by atoms with Gasteiger partial charge in [0.1, 0.15) is 0 Å². The first kappa shape index (κ1) is 43.4. The van der Waals surface area contributed by atoms with Gasteiger partial charge in [-0.1, -0.05) is 156 Å². The molecular formula is C64H49Cl3N6S2. The average molecular weight is 1080 g/mol. The fourth-order valence-electron chi connectivity index (χ4n) is 8.54. The van der Waals surface area contributed by atoms with E-state index in [4.69, 9.17) is 43.0 Å². The molecule has 75 heavy (non-hydrogen) atoms. The SMILES string of the molecule is [2H]C([2H])([2H])c1nccc2scc(N(c3ccccc3)c3cccc(Cl)c3Cl)c12.[2H]C([2H])([2H])c1nccc2scc(N(c3ccccc3)c3cccc(N(c4ccccc4)c4ccccc4)c3Cl)c12.c1ccc(Nc2ccccc2)cc1. The second-order valence-electron chi connectivity index (χ2n) is 16.7. The summed E-state index contributed by atoms with van der Waals surface area (Å²) in [4.78, 5) is 14.5. The third-order valence-electron chi connectivity index (χ3n) is 11.9. The van der Waals surface area contributed by atoms with Gasteiger partial charge in [-0.2, -0.15) is 0 Å². The van der Waals surface area contributed by atoms with Crippen LogP contribution in [0.1, 0.15) is 19.6 Å². The van der Waals surface area contributed by atoms with Crippen molar-refractivity contribution < 1.29 is 8.22 Å². The van der Waals surface area contributed by atoms with Crippen molar-refractivity contribution in [2.45, 2.75) is 13.7 Å². The molecule has 0 aliphatic carbocycles. The molecule has 4 heterocycles. The van der Waals surface area contributed by atoms with E-state index in [0.29, 0.717) is 37.2 Å². The molecule has 0 aliphatic rings. The molecule has 0 spiro atoms. The van der Waals surface area contributed by atoms with Crippen molar-refractivity contribution in [1.82, 2.24) is 9.97 Å². The van der Waals surface area contributed by atoms with Gasteiger partial charge >= 0.3 is 0 Å². The maximum Gasteiger partial charge on any atom is 0.0887 e. The number of anilines is 11. The topological polar surface area (TPSA) is 47.5 Å². The fraction of sp³-hybridized carbons (Fsp3) is 0.0312. The summed E-state index contributed by atoms with van der Waals surface area (Å²) in [7, 11) is 0. The van der Waals surface area contributed by atoms with Crippen molar-refractivity contribution in [3.63, 3.8) is 0 Å². The summed E-state index contributed by atoms with van der Waals surface area (Å²) in [5.74, 6) is 0. The molecule has 6 nitrogen and oxygen atoms in total. The van der Waals surface area contributed by atoms with Crippen molar-refractivity contribution in [3.8, 4) is 0 Å². The number of pyridine rings is 2. The first-order valence-corrected chi connectivity index (χ1v) is 26.6. The highest BCUT2D eigenvalue weighted by Gasteiger charge is 2.25. The summed E-state index contributed by atoms with van der Waals surface area (Å²) < 4.78 is 50.0. The van der Waals surface area contributed by atoms with E-state index in [1.807, 2.05) is 245 Å². The van der Waals surface area contributed by atoms with Crippen LogP contribution in [0.2, 0.25) is 15.1 Å². The van der Waals surface area contributed by atoms with E-state index >= 15 is 0 Å². The number of benzene rings is 8. The normalized spacial score (nSPS) is 12.3. The van der Waals surface area contributed by atoms with E-state index in [2.05, 4.69) is 20.2 Å². The van der Waals surface area contributed by atoms with Crippen LogP contribution in [0.5, 0.6) is 0 Å². The molecule has 0 saturated heterocycles. The predicted molar refractivity (Wildman–Crippen MR) is 324 cm³/mol. The van der Waals surface area contributed by atoms with Crippen molar-refractivity contribution >= 4 is 140 Å². The summed E-state index contributed by atoms with van der Waals surface area (Å²) in [6, 6.07) is 74.9. The number of aryl methyl sites for hydroxylation is 2. The molecule has 11 heteroatoms. The number of thiophene rings is 2. The first-order chi connectivity index (χ1) is 39.3. The number of rotatable bonds is 11. The molecule has 12 rings (SSSR count). The maximum atomic E-state index is 8.19. The Kier molecular flexibility index (Phi) is 13.9. The van der Waals surface area contributed by atoms with Gasteiger partial charge in [0.05, 0.1) is 43.5 Å². The lowest BCUT2D eigenvalue weighted by Gasteiger charge is -2.30. The predicted octanol–water partition coefficient (Wildman–Crippen LogP) is 21.0. The van der Waals surface area contributed by atoms with Crippen LogP contribution in [0.4, 0.5) is 62.6 Å². The summed E-state index contributed by atoms with van der Waals surface area (Å²) in [6.07, 6.45) is 3.09. The van der Waals surface area contributed by atoms with Gasteiger partial charge in [-0.05, 0) is 123 Å². The molecule has 0 aliphatic heterocycles. The molecular weight excluding hydrogens is 1020 g/mol. The molecule has 4 aromatic heterocycles. The highest BCUT2D eigenvalue weighted by atomic mass is 35.5. The number of hydrogen-bond donors (Lipinski definition) is 1. The quantitative estimate of drug-likeness (QED) is 0.139. The minimum Gasteiger partial charge on any atom is -0.356 e. The smallest absolute Gasteiger partial charge is 0.0887 e. The molecule has 0 amide bonds. The number of fused-ring (bicyclic) bond motifs is 2. The van der Waals surface area contributed by atoms with Gasteiger partial charge < -0.3 is 20.0 Å². The Hall–Kier alpha value is -7.95. The molecule has 0 bridgehead atoms. The number of nitrogens with zero attached hydrogens (tertiary/aromatic N) is 5. The standard InChI is InChI=1S/C32H24ClN3S.C20H14Cl2N2S.C12H11N/c1-23-31-29(22-37-30(31)20-21-34-23)36(26-16-9-4-10-17-26)28-19-11-18-27(32(28)33)35(24-12-5-2-6-13-24)25-14-7-3-8-15-25;1-13-19-17(12-25-18(19)10-11-23-13)24(14-6-3-2-4-7-14)16-9-5-8-15(21)20(16)22;1-3-7-11(8-4-1)13-12-9-5-2-6-10-12/h2-22H,1H3;2-12H,1H3;1-10,13H/i2*1D3;. The minimum atomic E-state index is -2.37. The zero-order valence-corrected chi connectivity index (χ0v) is 43.8. The van der Waals surface area contributed by atoms with E-state index < -0.39 is 13.7 Å². The van der Waals surface area contributed by atoms with Crippen LogP contribution in [0, 0.1) is 13.7 Å². The molecule has 0 radical (unpaired) electrons. The first-order valence-electron chi connectivity index (χ1n) is 26.7. The van der Waals surface area contributed by atoms with Crippen LogP contribution in [0.3, 0.4) is 0 Å². The number of nitrogens with one attached hydrogen (secondary N) is 1. The van der Waals surface area contributed by atoms with Crippen molar-refractivity contribution in [2.24, 2.45) is 0 Å². The van der Waals surface area contributed by atoms with E-state index in [-0.39, 0.29) is 11.4 Å². The Bertz CT molecular complexity index is 3930. The average Bonchev–Trinajstić information content (AvgIpc) is 4.17. The zero-order chi connectivity index (χ0) is 56.5. The highest BCUT2D eigenvalue weighted by Crippen LogP contribution is 2.50. The van der Waals surface area contributed by atoms with Crippen molar-refractivity contribution in [2.75, 3.05) is 20.0 Å². The lowest BCUT2D eigenvalue weighted by atomic mass is 10.1. The van der Waals surface area contributed by atoms with Gasteiger partial charge in [0.15, 0.2) is 0 Å². The van der Waals surface area contributed by atoms with Crippen LogP contribution in [0.15, 0.2) is 254 Å². The largest absolute Gasteiger partial charge is 0.356 e. The summed E-state index contributed by atoms with van der Waals surface area (Å²) >= 11 is 23.1. The van der Waals surface area contributed by atoms with Crippen LogP contribution < -0.4 is 20.0 Å². The monoisotopic (exact) mass is 1080 g/mol. The van der Waals surface area contributed by atoms with Crippen LogP contribution in [-0.2, 0) is 0 Å². The third-order valence-corrected chi connectivity index (χ3v) is 15.0. The van der Waals surface area contributed by atoms with Gasteiger partial charge in [-0.25, -0.2) is 0 Å². The second kappa shape index (κ2) is 23.9. The summed E-state index contributed by atoms with van der Waals surface area (Å²) in [5.41, 5.74) is 9.62. The van der Waals surface area contributed by atoms with E-state index in [0.717, 1.165) is 60.6 Å². The van der Waals surface area contributed by atoms with E-state index in [1.54, 1.807) is 12.3 Å². The Morgan fingerprint density at radius 2 is 0.720 bits per heavy atom. The summed E-state index contributed by atoms with van der Waals surface area (Å²) in [5, 5.41) is 9.74. The van der Waals surface area contributed by atoms with Crippen LogP contribution in [-0.4, -0.2) is 9.97 Å². The molecule has 368 valence electrons. The third kappa shape index (κ3) is 11.4. The Balaban J connectivity index is 0.000000155. The number of hydrogen-bond acceptors (Lipinski definition) is 8. The Morgan fingerprint density at radius 3 is 1.12 bits per heavy atom. The molecule has 0 unspecified atom stereocenters. The maximum absolute atomic E-state index is 8.19. The van der Waals surface area contributed by atoms with Crippen LogP contribution >= 0.6 is 57.5 Å². The molecule has 12 aromatic rings. The lowest BCUT2D eigenvalue weighted by Crippen LogP contribution is -2.14. The molecule has 1 N–H and O–H groups in total. The molecule has 0 fully saturated rings. The molecule has 0 saturated carbocycles. The second-order valence-corrected chi connectivity index (χ2v) is 19.7. The van der Waals surface area contributed by atoms with Gasteiger partial charge in [0.2, 0.25) is 0 Å². The van der Waals surface area contributed by atoms with Gasteiger partial charge in [-0.15, -0.1) is 22.7 Å². The molecule has 0 atom stereocenters. The van der Waals surface area contributed by atoms with Gasteiger partial charge in [0.25, 0.3) is 0 Å². The van der Waals surface area contributed by atoms with E-state index in [1.165, 1.54) is 28.9 Å². The van der Waals surface area contributed by atoms with Gasteiger partial charge in [-0.3, -0.25) is 9.97 Å². The Morgan fingerprint density at radius 1 is 0.373 bits per heavy atom. The van der Waals surface area contributed by atoms with Crippen molar-refractivity contribution in [1.29, 1.82) is 0 Å². The minimum absolute atomic E-state index is 0.0698. The number of para-hydroxylation sites is 6. The zero-order valence-electron chi connectivity index (χ0n) is 45.9.